The van der Waals surface area contributed by atoms with Gasteiger partial charge in [-0.25, -0.2) is 4.39 Å². The molecular weight excluding hydrogens is 332 g/mol. The second kappa shape index (κ2) is 5.33. The molecule has 0 unspecified atom stereocenters. The van der Waals surface area contributed by atoms with E-state index in [0.29, 0.717) is 0 Å². The molecule has 1 amide bonds. The van der Waals surface area contributed by atoms with E-state index in [2.05, 4.69) is 0 Å². The first-order valence-electron chi connectivity index (χ1n) is 5.82. The first-order valence-corrected chi connectivity index (χ1v) is 6.89. The van der Waals surface area contributed by atoms with Crippen LogP contribution in [0, 0.1) is 9.39 Å². The Labute approximate surface area is 114 Å². The van der Waals surface area contributed by atoms with Gasteiger partial charge in [-0.1, -0.05) is 12.8 Å². The van der Waals surface area contributed by atoms with Crippen molar-refractivity contribution in [3.8, 4) is 0 Å². The minimum Gasteiger partial charge on any atom is -0.339 e. The van der Waals surface area contributed by atoms with Crippen molar-refractivity contribution in [2.24, 2.45) is 0 Å². The molecule has 17 heavy (non-hydrogen) atoms. The van der Waals surface area contributed by atoms with Gasteiger partial charge in [0.25, 0.3) is 5.91 Å². The quantitative estimate of drug-likeness (QED) is 0.751. The second-order valence-electron chi connectivity index (χ2n) is 4.48. The fourth-order valence-electron chi connectivity index (χ4n) is 2.31. The number of hydrogen-bond acceptors (Lipinski definition) is 1. The number of carbonyl (C=O) groups is 1. The van der Waals surface area contributed by atoms with Crippen LogP contribution in [-0.2, 0) is 0 Å². The highest BCUT2D eigenvalue weighted by Crippen LogP contribution is 2.24. The Balaban J connectivity index is 2.18. The van der Waals surface area contributed by atoms with Gasteiger partial charge >= 0.3 is 0 Å². The van der Waals surface area contributed by atoms with E-state index in [-0.39, 0.29) is 17.5 Å². The van der Waals surface area contributed by atoms with Gasteiger partial charge in [-0.3, -0.25) is 4.79 Å². The second-order valence-corrected chi connectivity index (χ2v) is 5.72. The molecule has 0 bridgehead atoms. The number of hydrogen-bond donors (Lipinski definition) is 0. The molecule has 1 aliphatic rings. The summed E-state index contributed by atoms with van der Waals surface area (Å²) in [4.78, 5) is 13.8. The molecule has 2 rings (SSSR count). The van der Waals surface area contributed by atoms with E-state index < -0.39 is 5.82 Å². The van der Waals surface area contributed by atoms with Crippen molar-refractivity contribution in [2.45, 2.75) is 31.7 Å². The fourth-order valence-corrected chi connectivity index (χ4v) is 2.76. The summed E-state index contributed by atoms with van der Waals surface area (Å²) in [6.07, 6.45) is 4.40. The van der Waals surface area contributed by atoms with Crippen molar-refractivity contribution in [1.82, 2.24) is 4.90 Å². The van der Waals surface area contributed by atoms with Crippen LogP contribution in [0.4, 0.5) is 4.39 Å². The Morgan fingerprint density at radius 1 is 1.41 bits per heavy atom. The molecule has 0 saturated heterocycles. The van der Waals surface area contributed by atoms with Crippen molar-refractivity contribution < 1.29 is 9.18 Å². The summed E-state index contributed by atoms with van der Waals surface area (Å²) in [5.41, 5.74) is 0.180. The predicted octanol–water partition coefficient (Wildman–Crippen LogP) is 3.44. The van der Waals surface area contributed by atoms with Gasteiger partial charge in [0.05, 0.1) is 5.56 Å². The molecule has 0 atom stereocenters. The van der Waals surface area contributed by atoms with Gasteiger partial charge in [-0.15, -0.1) is 0 Å². The lowest BCUT2D eigenvalue weighted by molar-refractivity contribution is 0.0730. The van der Waals surface area contributed by atoms with Gasteiger partial charge in [0.15, 0.2) is 0 Å². The van der Waals surface area contributed by atoms with Crippen molar-refractivity contribution in [3.63, 3.8) is 0 Å². The topological polar surface area (TPSA) is 20.3 Å². The first-order chi connectivity index (χ1) is 8.09. The monoisotopic (exact) mass is 347 g/mol. The Bertz CT molecular complexity index is 429. The summed E-state index contributed by atoms with van der Waals surface area (Å²) < 4.78 is 14.5. The maximum absolute atomic E-state index is 13.7. The first kappa shape index (κ1) is 12.8. The van der Waals surface area contributed by atoms with Crippen LogP contribution in [0.3, 0.4) is 0 Å². The van der Waals surface area contributed by atoms with Crippen LogP contribution in [0.15, 0.2) is 18.2 Å². The van der Waals surface area contributed by atoms with Crippen LogP contribution in [0.2, 0.25) is 0 Å². The van der Waals surface area contributed by atoms with Crippen LogP contribution < -0.4 is 0 Å². The van der Waals surface area contributed by atoms with Crippen molar-refractivity contribution in [2.75, 3.05) is 7.05 Å². The summed E-state index contributed by atoms with van der Waals surface area (Å²) in [5, 5.41) is 0. The Hall–Kier alpha value is -0.650. The summed E-state index contributed by atoms with van der Waals surface area (Å²) in [6, 6.07) is 5.02. The summed E-state index contributed by atoms with van der Waals surface area (Å²) >= 11 is 2.04. The van der Waals surface area contributed by atoms with Crippen molar-refractivity contribution >= 4 is 28.5 Å². The molecule has 0 N–H and O–H groups in total. The van der Waals surface area contributed by atoms with Gasteiger partial charge < -0.3 is 4.90 Å². The van der Waals surface area contributed by atoms with E-state index in [9.17, 15) is 9.18 Å². The standard InChI is InChI=1S/C13H15FINO/c1-16(10-4-2-3-5-10)13(17)11-7-6-9(15)8-12(11)14/h6-8,10H,2-5H2,1H3. The van der Waals surface area contributed by atoms with Gasteiger partial charge in [-0.2, -0.15) is 0 Å². The molecule has 0 aliphatic heterocycles. The van der Waals surface area contributed by atoms with Crippen LogP contribution >= 0.6 is 22.6 Å². The van der Waals surface area contributed by atoms with Crippen LogP contribution in [0.5, 0.6) is 0 Å². The lowest BCUT2D eigenvalue weighted by Gasteiger charge is -2.24. The third kappa shape index (κ3) is 2.78. The van der Waals surface area contributed by atoms with Crippen LogP contribution in [0.25, 0.3) is 0 Å². The third-order valence-electron chi connectivity index (χ3n) is 3.35. The molecule has 1 aromatic carbocycles. The number of rotatable bonds is 2. The summed E-state index contributed by atoms with van der Waals surface area (Å²) in [5.74, 6) is -0.627. The van der Waals surface area contributed by atoms with E-state index in [4.69, 9.17) is 0 Å². The highest BCUT2D eigenvalue weighted by Gasteiger charge is 2.25. The zero-order valence-corrected chi connectivity index (χ0v) is 11.9. The van der Waals surface area contributed by atoms with E-state index in [1.54, 1.807) is 24.1 Å². The van der Waals surface area contributed by atoms with E-state index >= 15 is 0 Å². The minimum atomic E-state index is -0.424. The minimum absolute atomic E-state index is 0.180. The molecule has 0 spiro atoms. The Morgan fingerprint density at radius 2 is 2.06 bits per heavy atom. The van der Waals surface area contributed by atoms with E-state index in [1.165, 1.54) is 6.07 Å². The van der Waals surface area contributed by atoms with Gasteiger partial charge in [0.2, 0.25) is 0 Å². The molecular formula is C13H15FINO. The maximum atomic E-state index is 13.7. The highest BCUT2D eigenvalue weighted by atomic mass is 127. The summed E-state index contributed by atoms with van der Waals surface area (Å²) in [6.45, 7) is 0. The average Bonchev–Trinajstić information content (AvgIpc) is 2.80. The van der Waals surface area contributed by atoms with E-state index in [1.807, 2.05) is 22.6 Å². The Morgan fingerprint density at radius 3 is 2.65 bits per heavy atom. The molecule has 1 aromatic rings. The normalized spacial score (nSPS) is 16.2. The summed E-state index contributed by atoms with van der Waals surface area (Å²) in [7, 11) is 1.77. The van der Waals surface area contributed by atoms with Gasteiger partial charge in [-0.05, 0) is 53.6 Å². The number of amides is 1. The van der Waals surface area contributed by atoms with Gasteiger partial charge in [0.1, 0.15) is 5.82 Å². The number of carbonyl (C=O) groups excluding carboxylic acids is 1. The molecule has 1 aliphatic carbocycles. The number of benzene rings is 1. The predicted molar refractivity (Wildman–Crippen MR) is 73.5 cm³/mol. The van der Waals surface area contributed by atoms with Crippen LogP contribution in [0.1, 0.15) is 36.0 Å². The molecule has 0 radical (unpaired) electrons. The largest absolute Gasteiger partial charge is 0.339 e. The third-order valence-corrected chi connectivity index (χ3v) is 4.03. The number of halogens is 2. The van der Waals surface area contributed by atoms with Crippen molar-refractivity contribution in [3.05, 3.63) is 33.1 Å². The van der Waals surface area contributed by atoms with Crippen molar-refractivity contribution in [1.29, 1.82) is 0 Å². The molecule has 0 heterocycles. The molecule has 4 heteroatoms. The fraction of sp³-hybridized carbons (Fsp3) is 0.462. The molecule has 0 aromatic heterocycles. The molecule has 2 nitrogen and oxygen atoms in total. The molecule has 1 fully saturated rings. The molecule has 1 saturated carbocycles. The molecule has 92 valence electrons. The Kier molecular flexibility index (Phi) is 4.01. The highest BCUT2D eigenvalue weighted by molar-refractivity contribution is 14.1. The lowest BCUT2D eigenvalue weighted by atomic mass is 10.1. The maximum Gasteiger partial charge on any atom is 0.256 e. The number of nitrogens with zero attached hydrogens (tertiary/aromatic N) is 1. The van der Waals surface area contributed by atoms with Gasteiger partial charge in [0, 0.05) is 16.7 Å². The smallest absolute Gasteiger partial charge is 0.256 e. The van der Waals surface area contributed by atoms with E-state index in [0.717, 1.165) is 29.3 Å². The zero-order chi connectivity index (χ0) is 12.4. The SMILES string of the molecule is CN(C(=O)c1ccc(I)cc1F)C1CCCC1. The van der Waals surface area contributed by atoms with Crippen LogP contribution in [-0.4, -0.2) is 23.9 Å². The average molecular weight is 347 g/mol. The lowest BCUT2D eigenvalue weighted by Crippen LogP contribution is -2.35. The zero-order valence-electron chi connectivity index (χ0n) is 9.75.